The molecule has 0 radical (unpaired) electrons. The summed E-state index contributed by atoms with van der Waals surface area (Å²) in [5.74, 6) is 0. The average Bonchev–Trinajstić information content (AvgIpc) is 2.61. The van der Waals surface area contributed by atoms with E-state index in [9.17, 15) is 13.2 Å². The van der Waals surface area contributed by atoms with Gasteiger partial charge in [0, 0.05) is 12.2 Å². The molecule has 1 aliphatic heterocycles. The fraction of sp³-hybridized carbons (Fsp3) is 0.235. The number of sulfonamides is 1. The minimum Gasteiger partial charge on any atom is -0.453 e. The van der Waals surface area contributed by atoms with Crippen molar-refractivity contribution in [3.8, 4) is 0 Å². The fourth-order valence-electron chi connectivity index (χ4n) is 2.76. The number of hydrogen-bond acceptors (Lipinski definition) is 4. The number of benzene rings is 2. The summed E-state index contributed by atoms with van der Waals surface area (Å²) in [6.07, 6.45) is 0.959. The van der Waals surface area contributed by atoms with E-state index in [1.54, 1.807) is 42.5 Å². The number of hydrogen-bond donors (Lipinski definition) is 1. The summed E-state index contributed by atoms with van der Waals surface area (Å²) < 4.78 is 31.9. The fourth-order valence-corrected chi connectivity index (χ4v) is 4.31. The molecule has 24 heavy (non-hydrogen) atoms. The predicted octanol–water partition coefficient (Wildman–Crippen LogP) is 3.01. The third-order valence-electron chi connectivity index (χ3n) is 3.92. The van der Waals surface area contributed by atoms with Crippen molar-refractivity contribution in [2.45, 2.75) is 17.7 Å². The van der Waals surface area contributed by atoms with Crippen molar-refractivity contribution in [1.29, 1.82) is 0 Å². The van der Waals surface area contributed by atoms with Crippen LogP contribution < -0.4 is 9.62 Å². The van der Waals surface area contributed by atoms with Crippen LogP contribution in [0.15, 0.2) is 53.4 Å². The first-order valence-electron chi connectivity index (χ1n) is 7.58. The standard InChI is InChI=1S/C17H18N2O4S/c1-23-17(20)18-14-10-9-13-6-5-11-19(16(13)12-14)24(21,22)15-7-3-2-4-8-15/h2-4,7-10,12H,5-6,11H2,1H3,(H,18,20). The molecule has 2 aromatic carbocycles. The van der Waals surface area contributed by atoms with Crippen molar-refractivity contribution in [2.24, 2.45) is 0 Å². The lowest BCUT2D eigenvalue weighted by Gasteiger charge is -2.31. The Balaban J connectivity index is 2.01. The Morgan fingerprint density at radius 1 is 1.17 bits per heavy atom. The number of anilines is 2. The molecule has 6 nitrogen and oxygen atoms in total. The smallest absolute Gasteiger partial charge is 0.411 e. The van der Waals surface area contributed by atoms with E-state index in [0.717, 1.165) is 18.4 Å². The van der Waals surface area contributed by atoms with Gasteiger partial charge in [0.1, 0.15) is 0 Å². The summed E-state index contributed by atoms with van der Waals surface area (Å²) in [5.41, 5.74) is 2.03. The molecule has 2 aromatic rings. The van der Waals surface area contributed by atoms with Crippen LogP contribution in [0.3, 0.4) is 0 Å². The number of methoxy groups -OCH3 is 1. The molecule has 0 spiro atoms. The molecule has 1 heterocycles. The van der Waals surface area contributed by atoms with Crippen LogP contribution in [0.4, 0.5) is 16.2 Å². The lowest BCUT2D eigenvalue weighted by atomic mass is 10.0. The Kier molecular flexibility index (Phi) is 4.44. The van der Waals surface area contributed by atoms with Gasteiger partial charge < -0.3 is 4.74 Å². The molecule has 126 valence electrons. The second-order valence-electron chi connectivity index (χ2n) is 5.45. The molecular weight excluding hydrogens is 328 g/mol. The van der Waals surface area contributed by atoms with Crippen LogP contribution in [0.25, 0.3) is 0 Å². The van der Waals surface area contributed by atoms with E-state index in [1.165, 1.54) is 11.4 Å². The van der Waals surface area contributed by atoms with Gasteiger partial charge in [0.15, 0.2) is 0 Å². The van der Waals surface area contributed by atoms with Crippen LogP contribution in [0, 0.1) is 0 Å². The second-order valence-corrected chi connectivity index (χ2v) is 7.32. The molecule has 0 unspecified atom stereocenters. The second kappa shape index (κ2) is 6.52. The van der Waals surface area contributed by atoms with Crippen LogP contribution >= 0.6 is 0 Å². The van der Waals surface area contributed by atoms with Gasteiger partial charge in [-0.25, -0.2) is 13.2 Å². The van der Waals surface area contributed by atoms with E-state index < -0.39 is 16.1 Å². The van der Waals surface area contributed by atoms with Crippen molar-refractivity contribution in [3.05, 3.63) is 54.1 Å². The van der Waals surface area contributed by atoms with Crippen molar-refractivity contribution in [2.75, 3.05) is 23.3 Å². The van der Waals surface area contributed by atoms with Crippen molar-refractivity contribution in [1.82, 2.24) is 0 Å². The van der Waals surface area contributed by atoms with Gasteiger partial charge in [-0.3, -0.25) is 9.62 Å². The molecule has 1 aliphatic rings. The van der Waals surface area contributed by atoms with Gasteiger partial charge in [0.05, 0.1) is 17.7 Å². The Bertz CT molecular complexity index is 850. The van der Waals surface area contributed by atoms with Crippen LogP contribution in [0.2, 0.25) is 0 Å². The lowest BCUT2D eigenvalue weighted by Crippen LogP contribution is -2.35. The van der Waals surface area contributed by atoms with E-state index in [2.05, 4.69) is 10.1 Å². The van der Waals surface area contributed by atoms with Gasteiger partial charge in [-0.05, 0) is 42.7 Å². The van der Waals surface area contributed by atoms with Crippen LogP contribution in [-0.4, -0.2) is 28.2 Å². The molecule has 0 saturated carbocycles. The Hall–Kier alpha value is -2.54. The molecule has 3 rings (SSSR count). The monoisotopic (exact) mass is 346 g/mol. The number of amides is 1. The molecule has 0 atom stereocenters. The van der Waals surface area contributed by atoms with Crippen molar-refractivity contribution in [3.63, 3.8) is 0 Å². The van der Waals surface area contributed by atoms with E-state index in [0.29, 0.717) is 17.9 Å². The van der Waals surface area contributed by atoms with Crippen LogP contribution in [0.5, 0.6) is 0 Å². The third-order valence-corrected chi connectivity index (χ3v) is 5.75. The summed E-state index contributed by atoms with van der Waals surface area (Å²) >= 11 is 0. The zero-order valence-corrected chi connectivity index (χ0v) is 14.0. The van der Waals surface area contributed by atoms with Gasteiger partial charge in [-0.1, -0.05) is 24.3 Å². The Morgan fingerprint density at radius 2 is 1.92 bits per heavy atom. The lowest BCUT2D eigenvalue weighted by molar-refractivity contribution is 0.187. The number of carbonyl (C=O) groups is 1. The van der Waals surface area contributed by atoms with E-state index in [1.807, 2.05) is 6.07 Å². The molecule has 0 aliphatic carbocycles. The SMILES string of the molecule is COC(=O)Nc1ccc2c(c1)N(S(=O)(=O)c1ccccc1)CCC2. The number of aryl methyl sites for hydroxylation is 1. The molecule has 0 saturated heterocycles. The number of carbonyl (C=O) groups excluding carboxylic acids is 1. The molecule has 0 bridgehead atoms. The minimum absolute atomic E-state index is 0.254. The summed E-state index contributed by atoms with van der Waals surface area (Å²) in [6, 6.07) is 13.6. The highest BCUT2D eigenvalue weighted by Gasteiger charge is 2.29. The highest BCUT2D eigenvalue weighted by atomic mass is 32.2. The first-order valence-corrected chi connectivity index (χ1v) is 9.02. The first-order chi connectivity index (χ1) is 11.5. The molecule has 7 heteroatoms. The maximum Gasteiger partial charge on any atom is 0.411 e. The zero-order chi connectivity index (χ0) is 17.2. The zero-order valence-electron chi connectivity index (χ0n) is 13.2. The number of rotatable bonds is 3. The van der Waals surface area contributed by atoms with E-state index in [-0.39, 0.29) is 4.90 Å². The van der Waals surface area contributed by atoms with Gasteiger partial charge in [0.2, 0.25) is 0 Å². The molecule has 0 aromatic heterocycles. The minimum atomic E-state index is -3.64. The van der Waals surface area contributed by atoms with Gasteiger partial charge >= 0.3 is 6.09 Å². The number of nitrogens with zero attached hydrogens (tertiary/aromatic N) is 1. The van der Waals surface area contributed by atoms with Crippen molar-refractivity contribution < 1.29 is 17.9 Å². The van der Waals surface area contributed by atoms with Crippen LogP contribution in [-0.2, 0) is 21.2 Å². The normalized spacial score (nSPS) is 14.0. The number of nitrogens with one attached hydrogen (secondary N) is 1. The molecule has 1 amide bonds. The summed E-state index contributed by atoms with van der Waals surface area (Å²) in [7, 11) is -2.36. The third kappa shape index (κ3) is 3.07. The molecule has 0 fully saturated rings. The quantitative estimate of drug-likeness (QED) is 0.927. The maximum absolute atomic E-state index is 13.0. The molecule has 1 N–H and O–H groups in total. The predicted molar refractivity (Wildman–Crippen MR) is 91.8 cm³/mol. The topological polar surface area (TPSA) is 75.7 Å². The largest absolute Gasteiger partial charge is 0.453 e. The first kappa shape index (κ1) is 16.3. The Labute approximate surface area is 141 Å². The number of fused-ring (bicyclic) bond motifs is 1. The van der Waals surface area contributed by atoms with E-state index >= 15 is 0 Å². The Morgan fingerprint density at radius 3 is 2.62 bits per heavy atom. The van der Waals surface area contributed by atoms with Crippen LogP contribution in [0.1, 0.15) is 12.0 Å². The summed E-state index contributed by atoms with van der Waals surface area (Å²) in [6.45, 7) is 0.409. The average molecular weight is 346 g/mol. The van der Waals surface area contributed by atoms with Gasteiger partial charge in [-0.2, -0.15) is 0 Å². The maximum atomic E-state index is 13.0. The number of ether oxygens (including phenoxy) is 1. The van der Waals surface area contributed by atoms with Gasteiger partial charge in [0.25, 0.3) is 10.0 Å². The van der Waals surface area contributed by atoms with Crippen molar-refractivity contribution >= 4 is 27.5 Å². The molecular formula is C17H18N2O4S. The van der Waals surface area contributed by atoms with Gasteiger partial charge in [-0.15, -0.1) is 0 Å². The highest BCUT2D eigenvalue weighted by molar-refractivity contribution is 7.92. The summed E-state index contributed by atoms with van der Waals surface area (Å²) in [4.78, 5) is 11.6. The summed E-state index contributed by atoms with van der Waals surface area (Å²) in [5, 5.41) is 2.57. The highest BCUT2D eigenvalue weighted by Crippen LogP contribution is 2.34. The van der Waals surface area contributed by atoms with E-state index in [4.69, 9.17) is 0 Å².